The van der Waals surface area contributed by atoms with Gasteiger partial charge in [0.1, 0.15) is 6.04 Å². The molecule has 0 spiro atoms. The summed E-state index contributed by atoms with van der Waals surface area (Å²) in [5.41, 5.74) is 1.75. The Morgan fingerprint density at radius 1 is 1.29 bits per heavy atom. The lowest BCUT2D eigenvalue weighted by molar-refractivity contribution is -0.144. The number of benzene rings is 1. The molecule has 0 aliphatic heterocycles. The van der Waals surface area contributed by atoms with Crippen molar-refractivity contribution in [1.29, 1.82) is 0 Å². The molecule has 1 N–H and O–H groups in total. The van der Waals surface area contributed by atoms with E-state index < -0.39 is 12.0 Å². The van der Waals surface area contributed by atoms with Gasteiger partial charge in [-0.25, -0.2) is 4.79 Å². The maximum absolute atomic E-state index is 11.8. The molecule has 2 rings (SSSR count). The molecular weight excluding hydrogens is 268 g/mol. The highest BCUT2D eigenvalue weighted by atomic mass is 16.5. The monoisotopic (exact) mass is 284 g/mol. The summed E-state index contributed by atoms with van der Waals surface area (Å²) in [6, 6.07) is 8.83. The lowest BCUT2D eigenvalue weighted by Gasteiger charge is -2.09. The second-order valence-electron chi connectivity index (χ2n) is 4.50. The maximum atomic E-state index is 11.8. The molecule has 0 saturated carbocycles. The zero-order valence-electron chi connectivity index (χ0n) is 11.9. The van der Waals surface area contributed by atoms with Gasteiger partial charge in [-0.05, 0) is 30.7 Å². The van der Waals surface area contributed by atoms with E-state index >= 15 is 0 Å². The van der Waals surface area contributed by atoms with Gasteiger partial charge >= 0.3 is 5.97 Å². The molecule has 1 aromatic carbocycles. The van der Waals surface area contributed by atoms with Crippen LogP contribution in [-0.2, 0) is 14.3 Å². The van der Waals surface area contributed by atoms with Gasteiger partial charge in [-0.1, -0.05) is 18.2 Å². The van der Waals surface area contributed by atoms with Gasteiger partial charge in [-0.2, -0.15) is 0 Å². The Hall–Kier alpha value is -2.69. The van der Waals surface area contributed by atoms with Crippen molar-refractivity contribution >= 4 is 28.9 Å². The summed E-state index contributed by atoms with van der Waals surface area (Å²) in [5.74, 6) is -0.833. The quantitative estimate of drug-likeness (QED) is 0.688. The smallest absolute Gasteiger partial charge is 0.328 e. The summed E-state index contributed by atoms with van der Waals surface area (Å²) in [4.78, 5) is 27.2. The fourth-order valence-electron chi connectivity index (χ4n) is 1.93. The highest BCUT2D eigenvalue weighted by Gasteiger charge is 2.13. The Labute approximate surface area is 122 Å². The van der Waals surface area contributed by atoms with E-state index in [0.29, 0.717) is 0 Å². The lowest BCUT2D eigenvalue weighted by Crippen LogP contribution is -2.38. The number of methoxy groups -OCH3 is 1. The summed E-state index contributed by atoms with van der Waals surface area (Å²) in [6.07, 6.45) is 4.78. The molecule has 1 amide bonds. The van der Waals surface area contributed by atoms with Crippen LogP contribution in [0.15, 0.2) is 42.6 Å². The second kappa shape index (κ2) is 6.65. The number of rotatable bonds is 4. The van der Waals surface area contributed by atoms with Crippen LogP contribution in [0.25, 0.3) is 17.0 Å². The molecule has 0 bridgehead atoms. The van der Waals surface area contributed by atoms with Gasteiger partial charge in [0.15, 0.2) is 0 Å². The number of fused-ring (bicyclic) bond motifs is 1. The van der Waals surface area contributed by atoms with Gasteiger partial charge in [0, 0.05) is 17.7 Å². The first-order valence-electron chi connectivity index (χ1n) is 6.52. The number of nitrogens with one attached hydrogen (secondary N) is 1. The number of amides is 1. The predicted molar refractivity (Wildman–Crippen MR) is 80.4 cm³/mol. The van der Waals surface area contributed by atoms with Crippen LogP contribution in [0.4, 0.5) is 0 Å². The molecule has 1 aromatic heterocycles. The van der Waals surface area contributed by atoms with Crippen molar-refractivity contribution in [2.24, 2.45) is 0 Å². The van der Waals surface area contributed by atoms with Crippen LogP contribution in [-0.4, -0.2) is 30.0 Å². The van der Waals surface area contributed by atoms with Crippen molar-refractivity contribution < 1.29 is 14.3 Å². The molecule has 108 valence electrons. The first-order valence-corrected chi connectivity index (χ1v) is 6.52. The largest absolute Gasteiger partial charge is 0.467 e. The highest BCUT2D eigenvalue weighted by Crippen LogP contribution is 2.17. The van der Waals surface area contributed by atoms with Crippen molar-refractivity contribution in [1.82, 2.24) is 10.3 Å². The molecule has 0 aliphatic rings. The number of hydrogen-bond donors (Lipinski definition) is 1. The van der Waals surface area contributed by atoms with Crippen LogP contribution < -0.4 is 5.32 Å². The molecule has 0 saturated heterocycles. The van der Waals surface area contributed by atoms with E-state index in [1.165, 1.54) is 13.2 Å². The number of carbonyl (C=O) groups excluding carboxylic acids is 2. The Bertz CT molecular complexity index is 689. The van der Waals surface area contributed by atoms with Gasteiger partial charge in [0.2, 0.25) is 5.91 Å². The molecule has 0 aliphatic carbocycles. The summed E-state index contributed by atoms with van der Waals surface area (Å²) in [5, 5.41) is 3.50. The Kier molecular flexibility index (Phi) is 4.66. The molecule has 0 unspecified atom stereocenters. The van der Waals surface area contributed by atoms with E-state index in [1.54, 1.807) is 19.2 Å². The maximum Gasteiger partial charge on any atom is 0.328 e. The number of ether oxygens (including phenoxy) is 1. The van der Waals surface area contributed by atoms with Gasteiger partial charge in [-0.15, -0.1) is 0 Å². The number of para-hydroxylation sites is 1. The van der Waals surface area contributed by atoms with Gasteiger partial charge < -0.3 is 10.1 Å². The fourth-order valence-corrected chi connectivity index (χ4v) is 1.93. The van der Waals surface area contributed by atoms with Crippen molar-refractivity contribution in [2.45, 2.75) is 13.0 Å². The first kappa shape index (κ1) is 14.7. The van der Waals surface area contributed by atoms with Crippen LogP contribution >= 0.6 is 0 Å². The topological polar surface area (TPSA) is 68.3 Å². The van der Waals surface area contributed by atoms with Crippen LogP contribution in [0, 0.1) is 0 Å². The summed E-state index contributed by atoms with van der Waals surface area (Å²) < 4.78 is 4.55. The third kappa shape index (κ3) is 3.66. The molecule has 5 heteroatoms. The fraction of sp³-hybridized carbons (Fsp3) is 0.188. The predicted octanol–water partition coefficient (Wildman–Crippen LogP) is 1.93. The third-order valence-electron chi connectivity index (χ3n) is 3.01. The molecule has 0 fully saturated rings. The molecule has 1 heterocycles. The minimum Gasteiger partial charge on any atom is -0.467 e. The van der Waals surface area contributed by atoms with Crippen LogP contribution in [0.1, 0.15) is 12.5 Å². The number of nitrogens with zero attached hydrogens (tertiary/aromatic N) is 1. The van der Waals surface area contributed by atoms with Gasteiger partial charge in [-0.3, -0.25) is 9.78 Å². The molecule has 21 heavy (non-hydrogen) atoms. The van der Waals surface area contributed by atoms with Crippen molar-refractivity contribution in [3.05, 3.63) is 48.2 Å². The number of esters is 1. The molecular formula is C16H16N2O3. The average Bonchev–Trinajstić information content (AvgIpc) is 2.51. The molecule has 1 atom stereocenters. The summed E-state index contributed by atoms with van der Waals surface area (Å²) in [6.45, 7) is 1.57. The number of carbonyl (C=O) groups is 2. The molecule has 2 aromatic rings. The zero-order valence-corrected chi connectivity index (χ0v) is 11.9. The van der Waals surface area contributed by atoms with E-state index in [9.17, 15) is 9.59 Å². The van der Waals surface area contributed by atoms with Gasteiger partial charge in [0.25, 0.3) is 0 Å². The minimum atomic E-state index is -0.679. The summed E-state index contributed by atoms with van der Waals surface area (Å²) in [7, 11) is 1.28. The van der Waals surface area contributed by atoms with E-state index in [-0.39, 0.29) is 5.91 Å². The number of hydrogen-bond acceptors (Lipinski definition) is 4. The lowest BCUT2D eigenvalue weighted by atomic mass is 10.1. The van der Waals surface area contributed by atoms with Gasteiger partial charge in [0.05, 0.1) is 12.6 Å². The zero-order chi connectivity index (χ0) is 15.2. The van der Waals surface area contributed by atoms with E-state index in [1.807, 2.05) is 30.3 Å². The van der Waals surface area contributed by atoms with Crippen LogP contribution in [0.2, 0.25) is 0 Å². The van der Waals surface area contributed by atoms with E-state index in [4.69, 9.17) is 0 Å². The van der Waals surface area contributed by atoms with Crippen LogP contribution in [0.3, 0.4) is 0 Å². The van der Waals surface area contributed by atoms with Crippen molar-refractivity contribution in [2.75, 3.05) is 7.11 Å². The second-order valence-corrected chi connectivity index (χ2v) is 4.50. The number of aromatic nitrogens is 1. The Morgan fingerprint density at radius 2 is 2.05 bits per heavy atom. The average molecular weight is 284 g/mol. The normalized spacial score (nSPS) is 12.3. The van der Waals surface area contributed by atoms with E-state index in [2.05, 4.69) is 15.0 Å². The van der Waals surface area contributed by atoms with Crippen molar-refractivity contribution in [3.63, 3.8) is 0 Å². The third-order valence-corrected chi connectivity index (χ3v) is 3.01. The Morgan fingerprint density at radius 3 is 2.81 bits per heavy atom. The summed E-state index contributed by atoms with van der Waals surface area (Å²) >= 11 is 0. The van der Waals surface area contributed by atoms with Crippen molar-refractivity contribution in [3.8, 4) is 0 Å². The van der Waals surface area contributed by atoms with E-state index in [0.717, 1.165) is 16.5 Å². The Balaban J connectivity index is 2.13. The highest BCUT2D eigenvalue weighted by molar-refractivity contribution is 5.97. The first-order chi connectivity index (χ1) is 10.1. The SMILES string of the molecule is COC(=O)[C@H](C)NC(=O)C=Cc1ccnc2ccccc12. The molecule has 5 nitrogen and oxygen atoms in total. The molecule has 0 radical (unpaired) electrons. The standard InChI is InChI=1S/C16H16N2O3/c1-11(16(20)21-2)18-15(19)8-7-12-9-10-17-14-6-4-3-5-13(12)14/h3-11H,1-2H3,(H,18,19)/t11-/m0/s1. The number of pyridine rings is 1. The minimum absolute atomic E-state index is 0.353. The van der Waals surface area contributed by atoms with Crippen LogP contribution in [0.5, 0.6) is 0 Å².